The number of carbonyl (C=O) groups excluding carboxylic acids is 3. The number of benzene rings is 1. The Labute approximate surface area is 244 Å². The quantitative estimate of drug-likeness (QED) is 0.316. The van der Waals surface area contributed by atoms with Crippen LogP contribution in [-0.4, -0.2) is 54.6 Å². The zero-order chi connectivity index (χ0) is 31.3. The molecule has 0 saturated heterocycles. The summed E-state index contributed by atoms with van der Waals surface area (Å²) in [7, 11) is -4.12. The minimum atomic E-state index is -4.12. The third-order valence-corrected chi connectivity index (χ3v) is 6.96. The highest BCUT2D eigenvalue weighted by molar-refractivity contribution is 7.89. The summed E-state index contributed by atoms with van der Waals surface area (Å²) < 4.78 is 40.0. The maximum atomic E-state index is 13.0. The second-order valence-corrected chi connectivity index (χ2v) is 13.2. The van der Waals surface area contributed by atoms with Crippen molar-refractivity contribution in [1.82, 2.24) is 19.8 Å². The van der Waals surface area contributed by atoms with Crippen molar-refractivity contribution in [3.8, 4) is 0 Å². The van der Waals surface area contributed by atoms with E-state index < -0.39 is 57.3 Å². The Bertz CT molecular complexity index is 1620. The number of alkyl carbamates (subject to hydrolysis) is 1. The minimum absolute atomic E-state index is 0.00786. The molecule has 0 bridgehead atoms. The zero-order valence-electron chi connectivity index (χ0n) is 24.4. The number of hydrogen-bond donors (Lipinski definition) is 3. The van der Waals surface area contributed by atoms with Crippen LogP contribution in [-0.2, 0) is 30.8 Å². The molecule has 0 radical (unpaired) electrons. The third-order valence-electron chi connectivity index (χ3n) is 5.47. The van der Waals surface area contributed by atoms with Crippen LogP contribution in [0.5, 0.6) is 0 Å². The van der Waals surface area contributed by atoms with Crippen molar-refractivity contribution in [2.75, 3.05) is 6.54 Å². The summed E-state index contributed by atoms with van der Waals surface area (Å²) in [6, 6.07) is 11.9. The van der Waals surface area contributed by atoms with Gasteiger partial charge in [-0.15, -0.1) is 0 Å². The Morgan fingerprint density at radius 2 is 1.52 bits per heavy atom. The molecule has 0 saturated carbocycles. The van der Waals surface area contributed by atoms with Gasteiger partial charge in [0.25, 0.3) is 11.5 Å². The van der Waals surface area contributed by atoms with Gasteiger partial charge in [-0.1, -0.05) is 24.3 Å². The molecule has 2 heterocycles. The largest absolute Gasteiger partial charge is 0.459 e. The van der Waals surface area contributed by atoms with Crippen molar-refractivity contribution >= 4 is 33.5 Å². The zero-order valence-corrected chi connectivity index (χ0v) is 25.2. The summed E-state index contributed by atoms with van der Waals surface area (Å²) >= 11 is 0. The molecular weight excluding hydrogens is 564 g/mol. The van der Waals surface area contributed by atoms with Crippen LogP contribution in [0.2, 0.25) is 0 Å². The number of aromatic nitrogens is 1. The van der Waals surface area contributed by atoms with Crippen molar-refractivity contribution in [2.24, 2.45) is 0 Å². The lowest BCUT2D eigenvalue weighted by Crippen LogP contribution is -2.50. The first kappa shape index (κ1) is 32.3. The fourth-order valence-electron chi connectivity index (χ4n) is 3.69. The van der Waals surface area contributed by atoms with Gasteiger partial charge in [0.15, 0.2) is 0 Å². The number of carbonyl (C=O) groups is 3. The number of amides is 2. The Balaban J connectivity index is 1.76. The molecule has 0 aliphatic rings. The van der Waals surface area contributed by atoms with Gasteiger partial charge in [0.05, 0.1) is 4.90 Å². The molecule has 226 valence electrons. The van der Waals surface area contributed by atoms with Crippen molar-refractivity contribution in [3.05, 3.63) is 82.3 Å². The summed E-state index contributed by atoms with van der Waals surface area (Å²) in [6.45, 7) is 9.82. The van der Waals surface area contributed by atoms with E-state index in [0.717, 1.165) is 6.07 Å². The van der Waals surface area contributed by atoms with Gasteiger partial charge in [0.1, 0.15) is 17.2 Å². The van der Waals surface area contributed by atoms with E-state index in [9.17, 15) is 27.6 Å². The highest BCUT2D eigenvalue weighted by Gasteiger charge is 2.30. The SMILES string of the molecule is CC(C)(C)OC(=O)NCc1ccc2cc(C(=O)NCC(NS(=O)(=O)c3ccccc3)C(=O)OC(C)(C)C)cc(=O)n2c1. The van der Waals surface area contributed by atoms with E-state index in [1.54, 1.807) is 59.7 Å². The highest BCUT2D eigenvalue weighted by atomic mass is 32.2. The topological polar surface area (TPSA) is 161 Å². The van der Waals surface area contributed by atoms with E-state index in [2.05, 4.69) is 15.4 Å². The average molecular weight is 601 g/mol. The van der Waals surface area contributed by atoms with Crippen LogP contribution in [0, 0.1) is 0 Å². The maximum Gasteiger partial charge on any atom is 0.407 e. The third kappa shape index (κ3) is 9.42. The normalized spacial score (nSPS) is 12.8. The molecule has 42 heavy (non-hydrogen) atoms. The number of pyridine rings is 2. The maximum absolute atomic E-state index is 13.0. The van der Waals surface area contributed by atoms with Gasteiger partial charge in [0.2, 0.25) is 10.0 Å². The van der Waals surface area contributed by atoms with Crippen LogP contribution in [0.3, 0.4) is 0 Å². The summed E-state index contributed by atoms with van der Waals surface area (Å²) in [5, 5.41) is 5.14. The lowest BCUT2D eigenvalue weighted by atomic mass is 10.1. The fourth-order valence-corrected chi connectivity index (χ4v) is 4.90. The van der Waals surface area contributed by atoms with Crippen LogP contribution in [0.25, 0.3) is 5.52 Å². The van der Waals surface area contributed by atoms with Gasteiger partial charge in [-0.2, -0.15) is 4.72 Å². The molecule has 1 aromatic carbocycles. The number of esters is 1. The summed E-state index contributed by atoms with van der Waals surface area (Å²) in [6.07, 6.45) is 0.936. The van der Waals surface area contributed by atoms with Gasteiger partial charge in [-0.25, -0.2) is 13.2 Å². The monoisotopic (exact) mass is 600 g/mol. The Morgan fingerprint density at radius 3 is 2.14 bits per heavy atom. The summed E-state index contributed by atoms with van der Waals surface area (Å²) in [5.74, 6) is -1.58. The number of nitrogens with one attached hydrogen (secondary N) is 3. The number of rotatable bonds is 9. The molecule has 0 aliphatic carbocycles. The van der Waals surface area contributed by atoms with Crippen LogP contribution in [0.1, 0.15) is 57.5 Å². The van der Waals surface area contributed by atoms with Crippen LogP contribution in [0.4, 0.5) is 4.79 Å². The Morgan fingerprint density at radius 1 is 0.881 bits per heavy atom. The molecule has 13 heteroatoms. The number of ether oxygens (including phenoxy) is 2. The molecule has 12 nitrogen and oxygen atoms in total. The van der Waals surface area contributed by atoms with E-state index in [0.29, 0.717) is 11.1 Å². The predicted molar refractivity (Wildman–Crippen MR) is 155 cm³/mol. The van der Waals surface area contributed by atoms with Gasteiger partial charge in [-0.05, 0) is 71.4 Å². The summed E-state index contributed by atoms with van der Waals surface area (Å²) in [5.41, 5.74) is -1.04. The predicted octanol–water partition coefficient (Wildman–Crippen LogP) is 2.74. The van der Waals surface area contributed by atoms with Crippen molar-refractivity contribution in [2.45, 2.75) is 70.2 Å². The smallest absolute Gasteiger partial charge is 0.407 e. The average Bonchev–Trinajstić information content (AvgIpc) is 2.88. The van der Waals surface area contributed by atoms with Crippen LogP contribution in [0.15, 0.2) is 70.5 Å². The molecule has 2 amide bonds. The first-order valence-electron chi connectivity index (χ1n) is 13.1. The first-order chi connectivity index (χ1) is 19.4. The molecule has 0 spiro atoms. The molecule has 0 aliphatic heterocycles. The van der Waals surface area contributed by atoms with Crippen molar-refractivity contribution in [1.29, 1.82) is 0 Å². The van der Waals surface area contributed by atoms with Gasteiger partial charge in [-0.3, -0.25) is 18.8 Å². The lowest BCUT2D eigenvalue weighted by molar-refractivity contribution is -0.156. The molecule has 3 N–H and O–H groups in total. The summed E-state index contributed by atoms with van der Waals surface area (Å²) in [4.78, 5) is 50.6. The highest BCUT2D eigenvalue weighted by Crippen LogP contribution is 2.13. The standard InChI is InChI=1S/C29H36N4O8S/c1-28(2,3)40-26(36)23(32-42(38,39)22-10-8-7-9-11-22)17-30-25(35)20-14-21-13-12-19(18-33(21)24(34)15-20)16-31-27(37)41-29(4,5)6/h7-15,18,23,32H,16-17H2,1-6H3,(H,30,35)(H,31,37). The molecule has 3 aromatic rings. The van der Waals surface area contributed by atoms with E-state index in [4.69, 9.17) is 9.47 Å². The molecule has 1 atom stereocenters. The number of fused-ring (bicyclic) bond motifs is 1. The van der Waals surface area contributed by atoms with Gasteiger partial charge in [0, 0.05) is 36.4 Å². The molecule has 3 rings (SSSR count). The van der Waals surface area contributed by atoms with Crippen molar-refractivity contribution < 1.29 is 32.3 Å². The van der Waals surface area contributed by atoms with Gasteiger partial charge >= 0.3 is 12.1 Å². The van der Waals surface area contributed by atoms with E-state index in [-0.39, 0.29) is 17.0 Å². The first-order valence-corrected chi connectivity index (χ1v) is 14.6. The van der Waals surface area contributed by atoms with E-state index in [1.807, 2.05) is 0 Å². The van der Waals surface area contributed by atoms with Crippen molar-refractivity contribution in [3.63, 3.8) is 0 Å². The second kappa shape index (κ2) is 12.7. The molecule has 1 unspecified atom stereocenters. The number of hydrogen-bond acceptors (Lipinski definition) is 8. The molecular formula is C29H36N4O8S. The molecule has 0 fully saturated rings. The second-order valence-electron chi connectivity index (χ2n) is 11.5. The number of sulfonamides is 1. The molecule has 2 aromatic heterocycles. The Kier molecular flexibility index (Phi) is 9.79. The van der Waals surface area contributed by atoms with Crippen LogP contribution < -0.4 is 20.9 Å². The minimum Gasteiger partial charge on any atom is -0.459 e. The van der Waals surface area contributed by atoms with Gasteiger partial charge < -0.3 is 20.1 Å². The number of nitrogens with zero attached hydrogens (tertiary/aromatic N) is 1. The van der Waals surface area contributed by atoms with E-state index >= 15 is 0 Å². The Hall–Kier alpha value is -4.23. The van der Waals surface area contributed by atoms with E-state index in [1.165, 1.54) is 40.9 Å². The lowest BCUT2D eigenvalue weighted by Gasteiger charge is -2.24. The fraction of sp³-hybridized carbons (Fsp3) is 0.379. The van der Waals surface area contributed by atoms with Crippen LogP contribution >= 0.6 is 0 Å².